The van der Waals surface area contributed by atoms with Gasteiger partial charge < -0.3 is 5.32 Å². The first-order valence-corrected chi connectivity index (χ1v) is 10.6. The number of anilines is 2. The minimum atomic E-state index is 1.09. The fourth-order valence-corrected chi connectivity index (χ4v) is 4.52. The second kappa shape index (κ2) is 7.30. The Labute approximate surface area is 181 Å². The van der Waals surface area contributed by atoms with Crippen molar-refractivity contribution in [3.63, 3.8) is 0 Å². The number of hydrogen-bond donors (Lipinski definition) is 1. The molecule has 6 aromatic carbocycles. The molecular formula is C30H21N. The molecule has 0 aliphatic heterocycles. The van der Waals surface area contributed by atoms with Crippen molar-refractivity contribution in [1.82, 2.24) is 0 Å². The summed E-state index contributed by atoms with van der Waals surface area (Å²) < 4.78 is 0. The average molecular weight is 396 g/mol. The van der Waals surface area contributed by atoms with Gasteiger partial charge in [0.1, 0.15) is 0 Å². The van der Waals surface area contributed by atoms with Gasteiger partial charge in [-0.3, -0.25) is 0 Å². The lowest BCUT2D eigenvalue weighted by Crippen LogP contribution is -1.91. The first kappa shape index (κ1) is 17.7. The van der Waals surface area contributed by atoms with Crippen LogP contribution in [-0.4, -0.2) is 0 Å². The number of fused-ring (bicyclic) bond motifs is 4. The maximum atomic E-state index is 3.59. The van der Waals surface area contributed by atoms with Crippen LogP contribution in [0.1, 0.15) is 0 Å². The molecule has 31 heavy (non-hydrogen) atoms. The molecule has 1 N–H and O–H groups in total. The summed E-state index contributed by atoms with van der Waals surface area (Å²) in [5, 5.41) is 11.2. The number of nitrogens with one attached hydrogen (secondary N) is 1. The summed E-state index contributed by atoms with van der Waals surface area (Å²) in [6.07, 6.45) is 0. The van der Waals surface area contributed by atoms with Gasteiger partial charge in [-0.15, -0.1) is 0 Å². The minimum Gasteiger partial charge on any atom is -0.355 e. The minimum absolute atomic E-state index is 1.09. The van der Waals surface area contributed by atoms with Gasteiger partial charge >= 0.3 is 0 Å². The van der Waals surface area contributed by atoms with E-state index in [1.807, 2.05) is 0 Å². The fourth-order valence-electron chi connectivity index (χ4n) is 4.52. The molecule has 6 rings (SSSR count). The molecule has 0 aromatic heterocycles. The highest BCUT2D eigenvalue weighted by Crippen LogP contribution is 2.35. The lowest BCUT2D eigenvalue weighted by molar-refractivity contribution is 1.57. The van der Waals surface area contributed by atoms with E-state index in [0.717, 1.165) is 11.4 Å². The van der Waals surface area contributed by atoms with Gasteiger partial charge in [-0.2, -0.15) is 0 Å². The zero-order valence-corrected chi connectivity index (χ0v) is 17.0. The van der Waals surface area contributed by atoms with Crippen molar-refractivity contribution in [2.24, 2.45) is 0 Å². The van der Waals surface area contributed by atoms with E-state index < -0.39 is 0 Å². The maximum absolute atomic E-state index is 3.59. The Balaban J connectivity index is 1.42. The monoisotopic (exact) mass is 395 g/mol. The van der Waals surface area contributed by atoms with E-state index in [0.29, 0.717) is 0 Å². The van der Waals surface area contributed by atoms with Crippen molar-refractivity contribution < 1.29 is 0 Å². The molecule has 0 saturated heterocycles. The first-order valence-electron chi connectivity index (χ1n) is 10.6. The van der Waals surface area contributed by atoms with Crippen molar-refractivity contribution in [1.29, 1.82) is 0 Å². The molecule has 0 aliphatic carbocycles. The molecule has 0 fully saturated rings. The molecule has 1 nitrogen and oxygen atoms in total. The van der Waals surface area contributed by atoms with Crippen LogP contribution >= 0.6 is 0 Å². The Morgan fingerprint density at radius 1 is 0.419 bits per heavy atom. The van der Waals surface area contributed by atoms with Crippen LogP contribution in [0.5, 0.6) is 0 Å². The van der Waals surface area contributed by atoms with Crippen LogP contribution < -0.4 is 5.32 Å². The van der Waals surface area contributed by atoms with Gasteiger partial charge in [0.2, 0.25) is 0 Å². The Morgan fingerprint density at radius 3 is 1.84 bits per heavy atom. The molecule has 0 saturated carbocycles. The van der Waals surface area contributed by atoms with Crippen molar-refractivity contribution in [3.05, 3.63) is 121 Å². The normalized spacial score (nSPS) is 11.2. The summed E-state index contributed by atoms with van der Waals surface area (Å²) in [6.45, 7) is 0. The van der Waals surface area contributed by atoms with Crippen LogP contribution in [0.4, 0.5) is 11.4 Å². The standard InChI is InChI=1S/C30H21N/c1-4-12-26-21(8-1)10-7-15-30(26)31-24-18-16-22(17-19-24)29-20-23-9-2-3-11-25(23)27-13-5-6-14-28(27)29/h1-20,31H. The van der Waals surface area contributed by atoms with E-state index in [4.69, 9.17) is 0 Å². The molecule has 0 aliphatic rings. The summed E-state index contributed by atoms with van der Waals surface area (Å²) in [5.41, 5.74) is 4.71. The van der Waals surface area contributed by atoms with Crippen molar-refractivity contribution in [2.45, 2.75) is 0 Å². The molecule has 0 atom stereocenters. The van der Waals surface area contributed by atoms with Crippen molar-refractivity contribution in [3.8, 4) is 11.1 Å². The highest BCUT2D eigenvalue weighted by Gasteiger charge is 2.08. The maximum Gasteiger partial charge on any atom is 0.0463 e. The van der Waals surface area contributed by atoms with E-state index in [2.05, 4.69) is 127 Å². The summed E-state index contributed by atoms with van der Waals surface area (Å²) in [5.74, 6) is 0. The van der Waals surface area contributed by atoms with E-state index in [1.165, 1.54) is 43.4 Å². The molecular weight excluding hydrogens is 374 g/mol. The van der Waals surface area contributed by atoms with Crippen LogP contribution in [0, 0.1) is 0 Å². The number of benzene rings is 6. The average Bonchev–Trinajstić information content (AvgIpc) is 2.84. The van der Waals surface area contributed by atoms with Crippen LogP contribution in [0.3, 0.4) is 0 Å². The van der Waals surface area contributed by atoms with E-state index >= 15 is 0 Å². The van der Waals surface area contributed by atoms with Gasteiger partial charge in [0.15, 0.2) is 0 Å². The zero-order valence-electron chi connectivity index (χ0n) is 17.0. The van der Waals surface area contributed by atoms with Gasteiger partial charge in [-0.05, 0) is 62.3 Å². The first-order chi connectivity index (χ1) is 15.4. The molecule has 6 aromatic rings. The summed E-state index contributed by atoms with van der Waals surface area (Å²) in [7, 11) is 0. The summed E-state index contributed by atoms with van der Waals surface area (Å²) in [4.78, 5) is 0. The van der Waals surface area contributed by atoms with Crippen LogP contribution in [0.25, 0.3) is 43.4 Å². The predicted octanol–water partition coefficient (Wildman–Crippen LogP) is 8.56. The van der Waals surface area contributed by atoms with Crippen LogP contribution in [0.15, 0.2) is 121 Å². The third-order valence-corrected chi connectivity index (χ3v) is 6.03. The van der Waals surface area contributed by atoms with Gasteiger partial charge in [0.25, 0.3) is 0 Å². The number of hydrogen-bond acceptors (Lipinski definition) is 1. The van der Waals surface area contributed by atoms with E-state index in [-0.39, 0.29) is 0 Å². The van der Waals surface area contributed by atoms with Crippen molar-refractivity contribution in [2.75, 3.05) is 5.32 Å². The lowest BCUT2D eigenvalue weighted by atomic mass is 9.93. The third-order valence-electron chi connectivity index (χ3n) is 6.03. The lowest BCUT2D eigenvalue weighted by Gasteiger charge is -2.13. The highest BCUT2D eigenvalue weighted by molar-refractivity contribution is 6.13. The summed E-state index contributed by atoms with van der Waals surface area (Å²) in [6, 6.07) is 43.2. The molecule has 0 amide bonds. The SMILES string of the molecule is c1ccc2c(Nc3ccc(-c4cc5ccccc5c5ccccc45)cc3)cccc2c1. The molecule has 1 heteroatoms. The second-order valence-corrected chi connectivity index (χ2v) is 7.92. The zero-order chi connectivity index (χ0) is 20.6. The fraction of sp³-hybridized carbons (Fsp3) is 0. The largest absolute Gasteiger partial charge is 0.355 e. The third kappa shape index (κ3) is 3.12. The van der Waals surface area contributed by atoms with Gasteiger partial charge in [-0.25, -0.2) is 0 Å². The van der Waals surface area contributed by atoms with Crippen LogP contribution in [0.2, 0.25) is 0 Å². The molecule has 146 valence electrons. The Morgan fingerprint density at radius 2 is 1.03 bits per heavy atom. The van der Waals surface area contributed by atoms with E-state index in [9.17, 15) is 0 Å². The Hall–Kier alpha value is -4.10. The quantitative estimate of drug-likeness (QED) is 0.296. The second-order valence-electron chi connectivity index (χ2n) is 7.92. The topological polar surface area (TPSA) is 12.0 Å². The van der Waals surface area contributed by atoms with Gasteiger partial charge in [0, 0.05) is 16.8 Å². The highest BCUT2D eigenvalue weighted by atomic mass is 14.9. The van der Waals surface area contributed by atoms with Gasteiger partial charge in [0.05, 0.1) is 0 Å². The van der Waals surface area contributed by atoms with E-state index in [1.54, 1.807) is 0 Å². The number of rotatable bonds is 3. The van der Waals surface area contributed by atoms with Crippen LogP contribution in [-0.2, 0) is 0 Å². The predicted molar refractivity (Wildman–Crippen MR) is 134 cm³/mol. The van der Waals surface area contributed by atoms with Crippen molar-refractivity contribution >= 4 is 43.7 Å². The molecule has 0 heterocycles. The van der Waals surface area contributed by atoms with Gasteiger partial charge in [-0.1, -0.05) is 97.1 Å². The Kier molecular flexibility index (Phi) is 4.18. The molecule has 0 spiro atoms. The molecule has 0 radical (unpaired) electrons. The summed E-state index contributed by atoms with van der Waals surface area (Å²) >= 11 is 0. The molecule has 0 unspecified atom stereocenters. The Bertz CT molecular complexity index is 1540. The molecule has 0 bridgehead atoms. The smallest absolute Gasteiger partial charge is 0.0463 e.